The molecule has 2 nitrogen and oxygen atoms in total. The molecule has 0 aliphatic rings. The molecule has 0 aliphatic heterocycles. The van der Waals surface area contributed by atoms with Crippen LogP contribution >= 0.6 is 0 Å². The van der Waals surface area contributed by atoms with Crippen molar-refractivity contribution < 1.29 is 0 Å². The minimum atomic E-state index is -0.154. The average molecular weight is 156 g/mol. The van der Waals surface area contributed by atoms with Crippen molar-refractivity contribution in [1.82, 2.24) is 0 Å². The highest BCUT2D eigenvalue weighted by Crippen LogP contribution is 2.16. The van der Waals surface area contributed by atoms with Crippen LogP contribution in [0.3, 0.4) is 0 Å². The molecule has 0 bridgehead atoms. The van der Waals surface area contributed by atoms with E-state index in [1.165, 1.54) is 0 Å². The second-order valence-corrected chi connectivity index (χ2v) is 2.54. The summed E-state index contributed by atoms with van der Waals surface area (Å²) in [5.74, 6) is 0. The molecule has 0 aliphatic carbocycles. The molecule has 1 aromatic rings. The van der Waals surface area contributed by atoms with Crippen molar-refractivity contribution in [3.05, 3.63) is 46.8 Å². The lowest BCUT2D eigenvalue weighted by Crippen LogP contribution is -1.87. The van der Waals surface area contributed by atoms with Crippen LogP contribution in [0.15, 0.2) is 24.3 Å². The fourth-order valence-corrected chi connectivity index (χ4v) is 0.943. The van der Waals surface area contributed by atoms with E-state index in [4.69, 9.17) is 11.8 Å². The molecule has 0 spiro atoms. The van der Waals surface area contributed by atoms with Crippen LogP contribution in [0.4, 0.5) is 0 Å². The largest absolute Gasteiger partial charge is 0.309 e. The van der Waals surface area contributed by atoms with Crippen LogP contribution in [0.2, 0.25) is 0 Å². The third-order valence-corrected chi connectivity index (χ3v) is 1.69. The molecular weight excluding hydrogens is 148 g/mol. The van der Waals surface area contributed by atoms with Gasteiger partial charge in [0.25, 0.3) is 0 Å². The van der Waals surface area contributed by atoms with E-state index in [1.54, 1.807) is 18.2 Å². The summed E-state index contributed by atoms with van der Waals surface area (Å²) in [7, 11) is 0. The minimum Gasteiger partial charge on any atom is -0.309 e. The first-order chi connectivity index (χ1) is 5.77. The zero-order valence-corrected chi connectivity index (χ0v) is 6.78. The van der Waals surface area contributed by atoms with Crippen molar-refractivity contribution in [2.75, 3.05) is 0 Å². The Hall–Kier alpha value is -1.80. The fourth-order valence-electron chi connectivity index (χ4n) is 0.943. The fraction of sp³-hybridized carbons (Fsp3) is 0.200. The Labute approximate surface area is 71.9 Å². The van der Waals surface area contributed by atoms with Gasteiger partial charge in [0.2, 0.25) is 6.04 Å². The molecule has 12 heavy (non-hydrogen) atoms. The quantitative estimate of drug-likeness (QED) is 0.574. The van der Waals surface area contributed by atoms with E-state index in [-0.39, 0.29) is 6.04 Å². The summed E-state index contributed by atoms with van der Waals surface area (Å²) in [6, 6.07) is 9.04. The highest BCUT2D eigenvalue weighted by molar-refractivity contribution is 5.34. The van der Waals surface area contributed by atoms with Crippen LogP contribution in [0.1, 0.15) is 24.1 Å². The van der Waals surface area contributed by atoms with E-state index in [0.717, 1.165) is 5.56 Å². The number of benzene rings is 1. The topological polar surface area (TPSA) is 28.1 Å². The van der Waals surface area contributed by atoms with Gasteiger partial charge in [0.15, 0.2) is 0 Å². The maximum absolute atomic E-state index is 8.59. The molecule has 0 N–H and O–H groups in total. The van der Waals surface area contributed by atoms with Crippen LogP contribution in [-0.4, -0.2) is 0 Å². The number of nitriles is 1. The van der Waals surface area contributed by atoms with Crippen molar-refractivity contribution in [1.29, 1.82) is 5.26 Å². The maximum atomic E-state index is 8.59. The Morgan fingerprint density at radius 3 is 2.92 bits per heavy atom. The van der Waals surface area contributed by atoms with Gasteiger partial charge in [0.1, 0.15) is 0 Å². The van der Waals surface area contributed by atoms with Crippen molar-refractivity contribution in [3.8, 4) is 6.07 Å². The summed E-state index contributed by atoms with van der Waals surface area (Å²) in [6.07, 6.45) is 0. The maximum Gasteiger partial charge on any atom is 0.246 e. The summed E-state index contributed by atoms with van der Waals surface area (Å²) in [4.78, 5) is 3.37. The summed E-state index contributed by atoms with van der Waals surface area (Å²) < 4.78 is 0. The van der Waals surface area contributed by atoms with E-state index in [9.17, 15) is 0 Å². The summed E-state index contributed by atoms with van der Waals surface area (Å²) in [6.45, 7) is 8.64. The predicted octanol–water partition coefficient (Wildman–Crippen LogP) is 2.54. The number of hydrogen-bond donors (Lipinski definition) is 0. The lowest BCUT2D eigenvalue weighted by Gasteiger charge is -1.98. The van der Waals surface area contributed by atoms with Crippen LogP contribution in [-0.2, 0) is 0 Å². The molecule has 1 atom stereocenters. The van der Waals surface area contributed by atoms with Gasteiger partial charge in [-0.05, 0) is 12.1 Å². The summed E-state index contributed by atoms with van der Waals surface area (Å²) in [5.41, 5.74) is 1.52. The van der Waals surface area contributed by atoms with Crippen LogP contribution in [0, 0.1) is 17.9 Å². The standard InChI is InChI=1S/C10H8N2/c1-8(12-2)10-5-3-4-9(6-10)7-11/h3-6,8H,1H3. The monoisotopic (exact) mass is 156 g/mol. The van der Waals surface area contributed by atoms with E-state index < -0.39 is 0 Å². The normalized spacial score (nSPS) is 11.2. The molecule has 0 aromatic heterocycles. The van der Waals surface area contributed by atoms with Crippen molar-refractivity contribution >= 4 is 0 Å². The predicted molar refractivity (Wildman–Crippen MR) is 46.2 cm³/mol. The zero-order valence-electron chi connectivity index (χ0n) is 6.78. The first-order valence-electron chi connectivity index (χ1n) is 3.64. The van der Waals surface area contributed by atoms with Crippen molar-refractivity contribution in [2.45, 2.75) is 13.0 Å². The second-order valence-electron chi connectivity index (χ2n) is 2.54. The Morgan fingerprint density at radius 1 is 1.58 bits per heavy atom. The van der Waals surface area contributed by atoms with Gasteiger partial charge in [-0.3, -0.25) is 0 Å². The van der Waals surface area contributed by atoms with Gasteiger partial charge in [0, 0.05) is 12.5 Å². The SMILES string of the molecule is [C-]#[N+]C(C)c1cccc(C#N)c1. The van der Waals surface area contributed by atoms with E-state index in [2.05, 4.69) is 4.85 Å². The molecule has 0 saturated carbocycles. The van der Waals surface area contributed by atoms with Crippen LogP contribution in [0.5, 0.6) is 0 Å². The third kappa shape index (κ3) is 1.62. The number of hydrogen-bond acceptors (Lipinski definition) is 1. The second kappa shape index (κ2) is 3.55. The molecule has 0 saturated heterocycles. The van der Waals surface area contributed by atoms with Gasteiger partial charge in [-0.1, -0.05) is 12.1 Å². The third-order valence-electron chi connectivity index (χ3n) is 1.69. The Kier molecular flexibility index (Phi) is 2.46. The van der Waals surface area contributed by atoms with Crippen LogP contribution < -0.4 is 0 Å². The van der Waals surface area contributed by atoms with E-state index >= 15 is 0 Å². The van der Waals surface area contributed by atoms with E-state index in [1.807, 2.05) is 19.1 Å². The highest BCUT2D eigenvalue weighted by Gasteiger charge is 2.07. The van der Waals surface area contributed by atoms with Gasteiger partial charge < -0.3 is 4.85 Å². The average Bonchev–Trinajstić information content (AvgIpc) is 2.17. The summed E-state index contributed by atoms with van der Waals surface area (Å²) in [5, 5.41) is 8.59. The smallest absolute Gasteiger partial charge is 0.246 e. The molecule has 2 heteroatoms. The lowest BCUT2D eigenvalue weighted by atomic mass is 10.1. The first-order valence-corrected chi connectivity index (χ1v) is 3.64. The Balaban J connectivity index is 3.05. The van der Waals surface area contributed by atoms with Gasteiger partial charge in [-0.15, -0.1) is 0 Å². The number of nitrogens with zero attached hydrogens (tertiary/aromatic N) is 2. The van der Waals surface area contributed by atoms with Crippen LogP contribution in [0.25, 0.3) is 4.85 Å². The minimum absolute atomic E-state index is 0.154. The lowest BCUT2D eigenvalue weighted by molar-refractivity contribution is 0.960. The van der Waals surface area contributed by atoms with Gasteiger partial charge in [-0.2, -0.15) is 5.26 Å². The Bertz CT molecular complexity index is 355. The molecule has 0 heterocycles. The Morgan fingerprint density at radius 2 is 2.33 bits per heavy atom. The van der Waals surface area contributed by atoms with E-state index in [0.29, 0.717) is 5.56 Å². The van der Waals surface area contributed by atoms with Crippen molar-refractivity contribution in [2.24, 2.45) is 0 Å². The molecular formula is C10H8N2. The molecule has 0 radical (unpaired) electrons. The molecule has 0 amide bonds. The van der Waals surface area contributed by atoms with Gasteiger partial charge >= 0.3 is 0 Å². The first kappa shape index (κ1) is 8.30. The molecule has 1 unspecified atom stereocenters. The molecule has 1 rings (SSSR count). The molecule has 0 fully saturated rings. The van der Waals surface area contributed by atoms with Gasteiger partial charge in [-0.25, -0.2) is 6.57 Å². The highest BCUT2D eigenvalue weighted by atomic mass is 14.7. The molecule has 1 aromatic carbocycles. The molecule has 58 valence electrons. The zero-order chi connectivity index (χ0) is 8.97. The summed E-state index contributed by atoms with van der Waals surface area (Å²) >= 11 is 0. The number of rotatable bonds is 1. The van der Waals surface area contributed by atoms with Gasteiger partial charge in [0.05, 0.1) is 11.6 Å². The van der Waals surface area contributed by atoms with Crippen molar-refractivity contribution in [3.63, 3.8) is 0 Å².